The average Bonchev–Trinajstić information content (AvgIpc) is 2.30. The Balaban J connectivity index is 2.32. The van der Waals surface area contributed by atoms with Crippen LogP contribution in [0.3, 0.4) is 0 Å². The molecular formula is C14H24O3. The van der Waals surface area contributed by atoms with Crippen molar-refractivity contribution >= 4 is 5.97 Å². The molecule has 0 aliphatic heterocycles. The number of ether oxygens (including phenoxy) is 2. The van der Waals surface area contributed by atoms with Crippen LogP contribution in [0.5, 0.6) is 0 Å². The Hall–Kier alpha value is -0.830. The molecule has 2 unspecified atom stereocenters. The van der Waals surface area contributed by atoms with Gasteiger partial charge in [-0.2, -0.15) is 0 Å². The third-order valence-electron chi connectivity index (χ3n) is 3.45. The Kier molecular flexibility index (Phi) is 5.19. The van der Waals surface area contributed by atoms with Gasteiger partial charge in [0.05, 0.1) is 19.1 Å². The molecule has 0 aromatic carbocycles. The van der Waals surface area contributed by atoms with Gasteiger partial charge in [-0.1, -0.05) is 19.1 Å². The second-order valence-corrected chi connectivity index (χ2v) is 5.57. The van der Waals surface area contributed by atoms with Crippen LogP contribution in [0.2, 0.25) is 0 Å². The topological polar surface area (TPSA) is 35.5 Å². The molecule has 0 bridgehead atoms. The van der Waals surface area contributed by atoms with Crippen molar-refractivity contribution in [3.05, 3.63) is 12.2 Å². The number of esters is 1. The molecule has 0 saturated carbocycles. The van der Waals surface area contributed by atoms with Crippen LogP contribution < -0.4 is 0 Å². The first kappa shape index (κ1) is 14.2. The van der Waals surface area contributed by atoms with Crippen LogP contribution >= 0.6 is 0 Å². The summed E-state index contributed by atoms with van der Waals surface area (Å²) in [5.74, 6) is 1.03. The highest BCUT2D eigenvalue weighted by atomic mass is 16.5. The number of methoxy groups -OCH3 is 1. The third kappa shape index (κ3) is 4.15. The smallest absolute Gasteiger partial charge is 0.313 e. The largest absolute Gasteiger partial charge is 0.469 e. The van der Waals surface area contributed by atoms with Crippen molar-refractivity contribution in [1.82, 2.24) is 0 Å². The van der Waals surface area contributed by atoms with Crippen LogP contribution in [0, 0.1) is 17.3 Å². The highest BCUT2D eigenvalue weighted by Crippen LogP contribution is 2.26. The van der Waals surface area contributed by atoms with E-state index < -0.39 is 5.41 Å². The second-order valence-electron chi connectivity index (χ2n) is 5.57. The fraction of sp³-hybridized carbons (Fsp3) is 0.786. The zero-order valence-corrected chi connectivity index (χ0v) is 11.4. The Morgan fingerprint density at radius 1 is 1.35 bits per heavy atom. The number of hydrogen-bond acceptors (Lipinski definition) is 3. The van der Waals surface area contributed by atoms with E-state index in [0.29, 0.717) is 18.4 Å². The van der Waals surface area contributed by atoms with Crippen LogP contribution in [0.1, 0.15) is 33.6 Å². The molecule has 0 spiro atoms. The maximum atomic E-state index is 11.5. The van der Waals surface area contributed by atoms with Crippen LogP contribution in [-0.4, -0.2) is 26.3 Å². The van der Waals surface area contributed by atoms with Crippen molar-refractivity contribution in [1.29, 1.82) is 0 Å². The SMILES string of the molecule is COC(=O)C(C)(C)COCC1CC=CCC1C. The molecule has 0 aromatic heterocycles. The molecule has 3 nitrogen and oxygen atoms in total. The molecule has 0 radical (unpaired) electrons. The van der Waals surface area contributed by atoms with E-state index >= 15 is 0 Å². The van der Waals surface area contributed by atoms with E-state index in [1.54, 1.807) is 0 Å². The van der Waals surface area contributed by atoms with Gasteiger partial charge in [0.1, 0.15) is 0 Å². The van der Waals surface area contributed by atoms with Crippen LogP contribution in [0.25, 0.3) is 0 Å². The Labute approximate surface area is 104 Å². The number of hydrogen-bond donors (Lipinski definition) is 0. The first-order valence-electron chi connectivity index (χ1n) is 6.28. The van der Waals surface area contributed by atoms with Gasteiger partial charge in [0.2, 0.25) is 0 Å². The van der Waals surface area contributed by atoms with Gasteiger partial charge in [0.25, 0.3) is 0 Å². The van der Waals surface area contributed by atoms with Crippen LogP contribution in [0.4, 0.5) is 0 Å². The normalized spacial score (nSPS) is 24.7. The van der Waals surface area contributed by atoms with Gasteiger partial charge >= 0.3 is 5.97 Å². The van der Waals surface area contributed by atoms with Crippen molar-refractivity contribution in [2.75, 3.05) is 20.3 Å². The van der Waals surface area contributed by atoms with Crippen molar-refractivity contribution in [3.8, 4) is 0 Å². The highest BCUT2D eigenvalue weighted by Gasteiger charge is 2.29. The molecule has 3 heteroatoms. The monoisotopic (exact) mass is 240 g/mol. The molecule has 0 N–H and O–H groups in total. The van der Waals surface area contributed by atoms with E-state index in [1.807, 2.05) is 13.8 Å². The minimum atomic E-state index is -0.553. The molecule has 0 saturated heterocycles. The zero-order chi connectivity index (χ0) is 12.9. The predicted molar refractivity (Wildman–Crippen MR) is 67.6 cm³/mol. The molecule has 1 rings (SSSR count). The molecule has 0 amide bonds. The number of rotatable bonds is 5. The standard InChI is InChI=1S/C14H24O3/c1-11-7-5-6-8-12(11)9-17-10-14(2,3)13(15)16-4/h5-6,11-12H,7-10H2,1-4H3. The Morgan fingerprint density at radius 3 is 2.59 bits per heavy atom. The van der Waals surface area contributed by atoms with E-state index in [1.165, 1.54) is 7.11 Å². The molecule has 1 aliphatic carbocycles. The van der Waals surface area contributed by atoms with Crippen molar-refractivity contribution in [3.63, 3.8) is 0 Å². The molecule has 98 valence electrons. The average molecular weight is 240 g/mol. The summed E-state index contributed by atoms with van der Waals surface area (Å²) in [5.41, 5.74) is -0.553. The summed E-state index contributed by atoms with van der Waals surface area (Å²) in [6.07, 6.45) is 6.67. The molecule has 0 fully saturated rings. The lowest BCUT2D eigenvalue weighted by molar-refractivity contribution is -0.154. The first-order chi connectivity index (χ1) is 7.97. The number of allylic oxidation sites excluding steroid dienone is 2. The quantitative estimate of drug-likeness (QED) is 0.547. The summed E-state index contributed by atoms with van der Waals surface area (Å²) in [5, 5.41) is 0. The van der Waals surface area contributed by atoms with E-state index in [2.05, 4.69) is 19.1 Å². The molecule has 0 aromatic rings. The van der Waals surface area contributed by atoms with Crippen molar-refractivity contribution < 1.29 is 14.3 Å². The van der Waals surface area contributed by atoms with Crippen molar-refractivity contribution in [2.24, 2.45) is 17.3 Å². The lowest BCUT2D eigenvalue weighted by atomic mass is 9.85. The van der Waals surface area contributed by atoms with Crippen LogP contribution in [-0.2, 0) is 14.3 Å². The van der Waals surface area contributed by atoms with Crippen LogP contribution in [0.15, 0.2) is 12.2 Å². The number of carbonyl (C=O) groups excluding carboxylic acids is 1. The Morgan fingerprint density at radius 2 is 2.00 bits per heavy atom. The first-order valence-corrected chi connectivity index (χ1v) is 6.28. The van der Waals surface area contributed by atoms with E-state index in [9.17, 15) is 4.79 Å². The van der Waals surface area contributed by atoms with E-state index in [4.69, 9.17) is 9.47 Å². The van der Waals surface area contributed by atoms with Crippen molar-refractivity contribution in [2.45, 2.75) is 33.6 Å². The lowest BCUT2D eigenvalue weighted by Gasteiger charge is -2.27. The van der Waals surface area contributed by atoms with E-state index in [0.717, 1.165) is 19.4 Å². The van der Waals surface area contributed by atoms with Gasteiger partial charge < -0.3 is 9.47 Å². The predicted octanol–water partition coefficient (Wildman–Crippen LogP) is 2.80. The van der Waals surface area contributed by atoms with Gasteiger partial charge in [0.15, 0.2) is 0 Å². The molecular weight excluding hydrogens is 216 g/mol. The maximum absolute atomic E-state index is 11.5. The molecule has 17 heavy (non-hydrogen) atoms. The minimum absolute atomic E-state index is 0.214. The summed E-state index contributed by atoms with van der Waals surface area (Å²) < 4.78 is 10.4. The molecule has 1 aliphatic rings. The van der Waals surface area contributed by atoms with Gasteiger partial charge in [-0.25, -0.2) is 0 Å². The second kappa shape index (κ2) is 6.20. The summed E-state index contributed by atoms with van der Waals surface area (Å²) >= 11 is 0. The minimum Gasteiger partial charge on any atom is -0.469 e. The Bertz CT molecular complexity index is 281. The van der Waals surface area contributed by atoms with Gasteiger partial charge in [-0.3, -0.25) is 4.79 Å². The third-order valence-corrected chi connectivity index (χ3v) is 3.45. The lowest BCUT2D eigenvalue weighted by Crippen LogP contribution is -2.32. The fourth-order valence-corrected chi connectivity index (χ4v) is 2.04. The zero-order valence-electron chi connectivity index (χ0n) is 11.4. The summed E-state index contributed by atoms with van der Waals surface area (Å²) in [6.45, 7) is 7.10. The van der Waals surface area contributed by atoms with Gasteiger partial charge in [-0.15, -0.1) is 0 Å². The molecule has 0 heterocycles. The summed E-state index contributed by atoms with van der Waals surface area (Å²) in [6, 6.07) is 0. The van der Waals surface area contributed by atoms with E-state index in [-0.39, 0.29) is 5.97 Å². The molecule has 2 atom stereocenters. The van der Waals surface area contributed by atoms with Gasteiger partial charge in [-0.05, 0) is 38.5 Å². The number of carbonyl (C=O) groups is 1. The van der Waals surface area contributed by atoms with Gasteiger partial charge in [0, 0.05) is 6.61 Å². The highest BCUT2D eigenvalue weighted by molar-refractivity contribution is 5.75. The maximum Gasteiger partial charge on any atom is 0.313 e. The summed E-state index contributed by atoms with van der Waals surface area (Å²) in [4.78, 5) is 11.5. The fourth-order valence-electron chi connectivity index (χ4n) is 2.04. The summed E-state index contributed by atoms with van der Waals surface area (Å²) in [7, 11) is 1.41.